The summed E-state index contributed by atoms with van der Waals surface area (Å²) in [6.45, 7) is 5.48. The Hall–Kier alpha value is -0.630. The Morgan fingerprint density at radius 2 is 2.45 bits per heavy atom. The maximum Gasteiger partial charge on any atom is 0.164 e. The van der Waals surface area contributed by atoms with Crippen LogP contribution in [0.2, 0.25) is 0 Å². The Balaban J connectivity index is 2.59. The largest absolute Gasteiger partial charge is 0.385 e. The molecule has 0 saturated heterocycles. The molecule has 0 aliphatic heterocycles. The van der Waals surface area contributed by atoms with E-state index in [-0.39, 0.29) is 17.6 Å². The zero-order valence-corrected chi connectivity index (χ0v) is 6.79. The van der Waals surface area contributed by atoms with Gasteiger partial charge in [0.1, 0.15) is 6.10 Å². The van der Waals surface area contributed by atoms with Gasteiger partial charge in [-0.3, -0.25) is 4.79 Å². The van der Waals surface area contributed by atoms with Crippen molar-refractivity contribution >= 4 is 5.78 Å². The minimum absolute atomic E-state index is 0.00241. The second-order valence-electron chi connectivity index (χ2n) is 3.28. The lowest BCUT2D eigenvalue weighted by Gasteiger charge is -2.03. The number of hydrogen-bond donors (Lipinski definition) is 1. The van der Waals surface area contributed by atoms with Crippen molar-refractivity contribution in [1.82, 2.24) is 0 Å². The lowest BCUT2D eigenvalue weighted by atomic mass is 10.0. The highest BCUT2D eigenvalue weighted by molar-refractivity contribution is 5.87. The number of ketones is 1. The van der Waals surface area contributed by atoms with Crippen molar-refractivity contribution < 1.29 is 9.90 Å². The molecular formula is C9H14O2. The maximum absolute atomic E-state index is 11.2. The van der Waals surface area contributed by atoms with Crippen LogP contribution in [0.25, 0.3) is 0 Å². The van der Waals surface area contributed by atoms with Gasteiger partial charge in [0.2, 0.25) is 0 Å². The molecule has 2 nitrogen and oxygen atoms in total. The van der Waals surface area contributed by atoms with Gasteiger partial charge in [0.15, 0.2) is 5.78 Å². The SMILES string of the molecule is C=CCC1CC(C)C(O)C1=O. The van der Waals surface area contributed by atoms with E-state index >= 15 is 0 Å². The summed E-state index contributed by atoms with van der Waals surface area (Å²) in [6.07, 6.45) is 2.54. The summed E-state index contributed by atoms with van der Waals surface area (Å²) in [5.41, 5.74) is 0. The smallest absolute Gasteiger partial charge is 0.164 e. The Bertz CT molecular complexity index is 174. The summed E-state index contributed by atoms with van der Waals surface area (Å²) in [4.78, 5) is 11.2. The number of aliphatic hydroxyl groups excluding tert-OH is 1. The first-order chi connectivity index (χ1) is 5.16. The summed E-state index contributed by atoms with van der Waals surface area (Å²) in [6, 6.07) is 0. The van der Waals surface area contributed by atoms with Crippen LogP contribution in [0, 0.1) is 11.8 Å². The third kappa shape index (κ3) is 1.51. The van der Waals surface area contributed by atoms with Crippen LogP contribution in [-0.4, -0.2) is 17.0 Å². The molecule has 3 atom stereocenters. The maximum atomic E-state index is 11.2. The molecule has 1 aliphatic carbocycles. The van der Waals surface area contributed by atoms with Crippen molar-refractivity contribution in [2.75, 3.05) is 0 Å². The van der Waals surface area contributed by atoms with E-state index in [9.17, 15) is 9.90 Å². The van der Waals surface area contributed by atoms with Crippen molar-refractivity contribution in [2.45, 2.75) is 25.9 Å². The number of hydrogen-bond acceptors (Lipinski definition) is 2. The fourth-order valence-electron chi connectivity index (χ4n) is 1.63. The molecule has 0 bridgehead atoms. The highest BCUT2D eigenvalue weighted by Crippen LogP contribution is 2.29. The van der Waals surface area contributed by atoms with Crippen LogP contribution in [0.3, 0.4) is 0 Å². The third-order valence-corrected chi connectivity index (χ3v) is 2.34. The molecule has 1 N–H and O–H groups in total. The van der Waals surface area contributed by atoms with Gasteiger partial charge >= 0.3 is 0 Å². The number of rotatable bonds is 2. The molecule has 0 aromatic carbocycles. The molecule has 0 aromatic rings. The molecule has 2 heteroatoms. The molecule has 0 amide bonds. The molecule has 0 heterocycles. The standard InChI is InChI=1S/C9H14O2/c1-3-4-7-5-6(2)8(10)9(7)11/h3,6-8,10H,1,4-5H2,2H3. The van der Waals surface area contributed by atoms with Gasteiger partial charge in [-0.2, -0.15) is 0 Å². The molecule has 11 heavy (non-hydrogen) atoms. The van der Waals surface area contributed by atoms with Gasteiger partial charge in [0, 0.05) is 5.92 Å². The fourth-order valence-corrected chi connectivity index (χ4v) is 1.63. The van der Waals surface area contributed by atoms with Crippen LogP contribution >= 0.6 is 0 Å². The Morgan fingerprint density at radius 1 is 1.82 bits per heavy atom. The van der Waals surface area contributed by atoms with Gasteiger partial charge in [-0.15, -0.1) is 6.58 Å². The molecule has 0 spiro atoms. The van der Waals surface area contributed by atoms with E-state index in [1.165, 1.54) is 0 Å². The van der Waals surface area contributed by atoms with Crippen LogP contribution < -0.4 is 0 Å². The zero-order valence-electron chi connectivity index (χ0n) is 6.79. The molecule has 0 aromatic heterocycles. The van der Waals surface area contributed by atoms with Crippen molar-refractivity contribution in [3.05, 3.63) is 12.7 Å². The molecule has 3 unspecified atom stereocenters. The minimum atomic E-state index is -0.722. The van der Waals surface area contributed by atoms with Gasteiger partial charge in [0.25, 0.3) is 0 Å². The topological polar surface area (TPSA) is 37.3 Å². The summed E-state index contributed by atoms with van der Waals surface area (Å²) in [5, 5.41) is 9.28. The van der Waals surface area contributed by atoms with Crippen LogP contribution in [0.1, 0.15) is 19.8 Å². The highest BCUT2D eigenvalue weighted by atomic mass is 16.3. The highest BCUT2D eigenvalue weighted by Gasteiger charge is 2.37. The Labute approximate surface area is 66.9 Å². The van der Waals surface area contributed by atoms with Crippen molar-refractivity contribution in [2.24, 2.45) is 11.8 Å². The van der Waals surface area contributed by atoms with Crippen LogP contribution in [0.4, 0.5) is 0 Å². The third-order valence-electron chi connectivity index (χ3n) is 2.34. The van der Waals surface area contributed by atoms with E-state index in [1.54, 1.807) is 6.08 Å². The predicted molar refractivity (Wildman–Crippen MR) is 43.1 cm³/mol. The van der Waals surface area contributed by atoms with E-state index in [0.29, 0.717) is 6.42 Å². The van der Waals surface area contributed by atoms with Crippen LogP contribution in [0.15, 0.2) is 12.7 Å². The molecule has 0 radical (unpaired) electrons. The number of aliphatic hydroxyl groups is 1. The van der Waals surface area contributed by atoms with Gasteiger partial charge in [-0.25, -0.2) is 0 Å². The average Bonchev–Trinajstić information content (AvgIpc) is 2.19. The lowest BCUT2D eigenvalue weighted by molar-refractivity contribution is -0.128. The average molecular weight is 154 g/mol. The van der Waals surface area contributed by atoms with Crippen molar-refractivity contribution in [1.29, 1.82) is 0 Å². The first-order valence-electron chi connectivity index (χ1n) is 3.99. The number of Topliss-reactive ketones (excluding diaryl/α,β-unsaturated/α-hetero) is 1. The second kappa shape index (κ2) is 3.18. The Kier molecular flexibility index (Phi) is 2.45. The van der Waals surface area contributed by atoms with Gasteiger partial charge < -0.3 is 5.11 Å². The first kappa shape index (κ1) is 8.47. The van der Waals surface area contributed by atoms with Crippen LogP contribution in [-0.2, 0) is 4.79 Å². The molecule has 1 fully saturated rings. The monoisotopic (exact) mass is 154 g/mol. The summed E-state index contributed by atoms with van der Waals surface area (Å²) in [7, 11) is 0. The summed E-state index contributed by atoms with van der Waals surface area (Å²) >= 11 is 0. The van der Waals surface area contributed by atoms with Crippen LogP contribution in [0.5, 0.6) is 0 Å². The van der Waals surface area contributed by atoms with E-state index in [1.807, 2.05) is 6.92 Å². The van der Waals surface area contributed by atoms with Gasteiger partial charge in [-0.1, -0.05) is 13.0 Å². The molecular weight excluding hydrogens is 140 g/mol. The molecule has 1 aliphatic rings. The quantitative estimate of drug-likeness (QED) is 0.606. The normalized spacial score (nSPS) is 37.6. The van der Waals surface area contributed by atoms with Crippen molar-refractivity contribution in [3.63, 3.8) is 0 Å². The summed E-state index contributed by atoms with van der Waals surface area (Å²) < 4.78 is 0. The summed E-state index contributed by atoms with van der Waals surface area (Å²) in [5.74, 6) is 0.155. The van der Waals surface area contributed by atoms with E-state index in [4.69, 9.17) is 0 Å². The number of carbonyl (C=O) groups is 1. The number of allylic oxidation sites excluding steroid dienone is 1. The fraction of sp³-hybridized carbons (Fsp3) is 0.667. The van der Waals surface area contributed by atoms with E-state index < -0.39 is 6.10 Å². The predicted octanol–water partition coefficient (Wildman–Crippen LogP) is 1.15. The molecule has 1 rings (SSSR count). The number of carbonyl (C=O) groups excluding carboxylic acids is 1. The molecule has 62 valence electrons. The zero-order chi connectivity index (χ0) is 8.43. The Morgan fingerprint density at radius 3 is 2.82 bits per heavy atom. The molecule has 1 saturated carbocycles. The lowest BCUT2D eigenvalue weighted by Crippen LogP contribution is -2.21. The first-order valence-corrected chi connectivity index (χ1v) is 3.99. The second-order valence-corrected chi connectivity index (χ2v) is 3.28. The van der Waals surface area contributed by atoms with E-state index in [0.717, 1.165) is 6.42 Å². The van der Waals surface area contributed by atoms with Gasteiger partial charge in [-0.05, 0) is 18.8 Å². The van der Waals surface area contributed by atoms with E-state index in [2.05, 4.69) is 6.58 Å². The van der Waals surface area contributed by atoms with Crippen molar-refractivity contribution in [3.8, 4) is 0 Å². The minimum Gasteiger partial charge on any atom is -0.385 e. The van der Waals surface area contributed by atoms with Gasteiger partial charge in [0.05, 0.1) is 0 Å².